The summed E-state index contributed by atoms with van der Waals surface area (Å²) in [7, 11) is 1.75. The molecular weight excluding hydrogens is 258 g/mol. The molecule has 7 nitrogen and oxygen atoms in total. The van der Waals surface area contributed by atoms with E-state index in [-0.39, 0.29) is 23.8 Å². The highest BCUT2D eigenvalue weighted by molar-refractivity contribution is 5.69. The summed E-state index contributed by atoms with van der Waals surface area (Å²) in [5.41, 5.74) is 5.87. The standard InChI is InChI=1S/C13H21N5O2/c1-4-5-6-17-11-10(16(3)8-15-11)12(19)18(13(17)20)9(2)7-14/h8-9H,4-7,14H2,1-3H3. The van der Waals surface area contributed by atoms with Gasteiger partial charge in [0, 0.05) is 20.1 Å². The van der Waals surface area contributed by atoms with Crippen LogP contribution in [0.25, 0.3) is 11.2 Å². The number of hydrogen-bond donors (Lipinski definition) is 1. The molecule has 0 aromatic carbocycles. The number of aryl methyl sites for hydroxylation is 2. The molecular formula is C13H21N5O2. The van der Waals surface area contributed by atoms with Crippen molar-refractivity contribution in [3.05, 3.63) is 27.2 Å². The van der Waals surface area contributed by atoms with Crippen LogP contribution in [0.15, 0.2) is 15.9 Å². The van der Waals surface area contributed by atoms with E-state index in [9.17, 15) is 9.59 Å². The number of aromatic nitrogens is 4. The minimum atomic E-state index is -0.331. The fourth-order valence-electron chi connectivity index (χ4n) is 2.30. The number of rotatable bonds is 5. The van der Waals surface area contributed by atoms with Crippen LogP contribution in [0.3, 0.4) is 0 Å². The second kappa shape index (κ2) is 5.62. The Balaban J connectivity index is 2.83. The molecule has 2 aromatic heterocycles. The van der Waals surface area contributed by atoms with Crippen LogP contribution in [0, 0.1) is 0 Å². The van der Waals surface area contributed by atoms with Gasteiger partial charge in [0.2, 0.25) is 0 Å². The van der Waals surface area contributed by atoms with E-state index in [1.54, 1.807) is 29.4 Å². The fraction of sp³-hybridized carbons (Fsp3) is 0.615. The van der Waals surface area contributed by atoms with Crippen LogP contribution < -0.4 is 17.0 Å². The maximum atomic E-state index is 12.5. The summed E-state index contributed by atoms with van der Waals surface area (Å²) in [6.07, 6.45) is 3.39. The Hall–Kier alpha value is -1.89. The molecule has 0 spiro atoms. The summed E-state index contributed by atoms with van der Waals surface area (Å²) in [5, 5.41) is 0. The summed E-state index contributed by atoms with van der Waals surface area (Å²) in [5.74, 6) is 0. The predicted molar refractivity (Wildman–Crippen MR) is 77.9 cm³/mol. The Kier molecular flexibility index (Phi) is 4.08. The van der Waals surface area contributed by atoms with Gasteiger partial charge in [-0.25, -0.2) is 9.78 Å². The smallest absolute Gasteiger partial charge is 0.328 e. The van der Waals surface area contributed by atoms with E-state index in [4.69, 9.17) is 5.73 Å². The molecule has 20 heavy (non-hydrogen) atoms. The van der Waals surface area contributed by atoms with Gasteiger partial charge in [-0.15, -0.1) is 0 Å². The summed E-state index contributed by atoms with van der Waals surface area (Å²) in [6.45, 7) is 4.63. The van der Waals surface area contributed by atoms with E-state index in [1.165, 1.54) is 4.57 Å². The third-order valence-electron chi connectivity index (χ3n) is 3.55. The Bertz CT molecular complexity index is 725. The Labute approximate surface area is 116 Å². The van der Waals surface area contributed by atoms with Gasteiger partial charge in [-0.05, 0) is 13.3 Å². The minimum absolute atomic E-state index is 0.242. The Morgan fingerprint density at radius 1 is 1.40 bits per heavy atom. The van der Waals surface area contributed by atoms with E-state index in [0.717, 1.165) is 12.8 Å². The number of nitrogens with zero attached hydrogens (tertiary/aromatic N) is 4. The van der Waals surface area contributed by atoms with Gasteiger partial charge in [0.05, 0.1) is 12.4 Å². The average Bonchev–Trinajstić information content (AvgIpc) is 2.80. The lowest BCUT2D eigenvalue weighted by molar-refractivity contribution is 0.481. The monoisotopic (exact) mass is 279 g/mol. The van der Waals surface area contributed by atoms with Gasteiger partial charge < -0.3 is 10.3 Å². The van der Waals surface area contributed by atoms with Crippen molar-refractivity contribution in [2.75, 3.05) is 6.54 Å². The van der Waals surface area contributed by atoms with E-state index < -0.39 is 0 Å². The van der Waals surface area contributed by atoms with Crippen molar-refractivity contribution in [3.8, 4) is 0 Å². The first-order valence-corrected chi connectivity index (χ1v) is 6.89. The van der Waals surface area contributed by atoms with E-state index >= 15 is 0 Å². The molecule has 0 fully saturated rings. The third-order valence-corrected chi connectivity index (χ3v) is 3.55. The lowest BCUT2D eigenvalue weighted by Gasteiger charge is -2.15. The van der Waals surface area contributed by atoms with E-state index in [0.29, 0.717) is 17.7 Å². The van der Waals surface area contributed by atoms with Crippen molar-refractivity contribution >= 4 is 11.2 Å². The zero-order chi connectivity index (χ0) is 14.9. The zero-order valence-electron chi connectivity index (χ0n) is 12.2. The molecule has 0 aliphatic rings. The summed E-state index contributed by atoms with van der Waals surface area (Å²) in [6, 6.07) is -0.331. The second-order valence-corrected chi connectivity index (χ2v) is 5.08. The maximum absolute atomic E-state index is 12.5. The molecule has 110 valence electrons. The van der Waals surface area contributed by atoms with Crippen molar-refractivity contribution in [2.24, 2.45) is 12.8 Å². The topological polar surface area (TPSA) is 87.8 Å². The molecule has 0 bridgehead atoms. The molecule has 2 rings (SSSR count). The molecule has 2 aromatic rings. The molecule has 0 amide bonds. The molecule has 0 saturated carbocycles. The van der Waals surface area contributed by atoms with Crippen LogP contribution >= 0.6 is 0 Å². The molecule has 2 N–H and O–H groups in total. The zero-order valence-corrected chi connectivity index (χ0v) is 12.2. The van der Waals surface area contributed by atoms with Gasteiger partial charge in [0.1, 0.15) is 0 Å². The van der Waals surface area contributed by atoms with Gasteiger partial charge in [-0.3, -0.25) is 13.9 Å². The third kappa shape index (κ3) is 2.18. The van der Waals surface area contributed by atoms with Gasteiger partial charge in [0.25, 0.3) is 5.56 Å². The molecule has 1 unspecified atom stereocenters. The van der Waals surface area contributed by atoms with Crippen LogP contribution in [-0.2, 0) is 13.6 Å². The van der Waals surface area contributed by atoms with Crippen molar-refractivity contribution in [2.45, 2.75) is 39.3 Å². The summed E-state index contributed by atoms with van der Waals surface area (Å²) in [4.78, 5) is 29.2. The molecule has 1 atom stereocenters. The highest BCUT2D eigenvalue weighted by atomic mass is 16.2. The molecule has 0 saturated heterocycles. The molecule has 0 aliphatic carbocycles. The van der Waals surface area contributed by atoms with Crippen molar-refractivity contribution in [1.29, 1.82) is 0 Å². The van der Waals surface area contributed by atoms with Crippen LogP contribution in [0.5, 0.6) is 0 Å². The minimum Gasteiger partial charge on any atom is -0.328 e. The van der Waals surface area contributed by atoms with Crippen LogP contribution in [0.1, 0.15) is 32.7 Å². The molecule has 7 heteroatoms. The second-order valence-electron chi connectivity index (χ2n) is 5.08. The Morgan fingerprint density at radius 3 is 2.70 bits per heavy atom. The van der Waals surface area contributed by atoms with Crippen LogP contribution in [-0.4, -0.2) is 25.2 Å². The van der Waals surface area contributed by atoms with Crippen LogP contribution in [0.4, 0.5) is 0 Å². The fourth-order valence-corrected chi connectivity index (χ4v) is 2.30. The number of unbranched alkanes of at least 4 members (excludes halogenated alkanes) is 1. The number of nitrogens with two attached hydrogens (primary N) is 1. The predicted octanol–water partition coefficient (Wildman–Crippen LogP) is 0.217. The van der Waals surface area contributed by atoms with Crippen molar-refractivity contribution < 1.29 is 0 Å². The lowest BCUT2D eigenvalue weighted by atomic mass is 10.3. The first-order chi connectivity index (χ1) is 9.52. The first-order valence-electron chi connectivity index (χ1n) is 6.89. The SMILES string of the molecule is CCCCn1c(=O)n(C(C)CN)c(=O)c2c1ncn2C. The lowest BCUT2D eigenvalue weighted by Crippen LogP contribution is -2.43. The Morgan fingerprint density at radius 2 is 2.10 bits per heavy atom. The molecule has 2 heterocycles. The largest absolute Gasteiger partial charge is 0.333 e. The number of fused-ring (bicyclic) bond motifs is 1. The number of hydrogen-bond acceptors (Lipinski definition) is 4. The quantitative estimate of drug-likeness (QED) is 0.848. The normalized spacial score (nSPS) is 13.0. The van der Waals surface area contributed by atoms with E-state index in [1.807, 2.05) is 0 Å². The van der Waals surface area contributed by atoms with Crippen LogP contribution in [0.2, 0.25) is 0 Å². The molecule has 0 radical (unpaired) electrons. The summed E-state index contributed by atoms with van der Waals surface area (Å²) >= 11 is 0. The van der Waals surface area contributed by atoms with E-state index in [2.05, 4.69) is 11.9 Å². The number of imidazole rings is 1. The summed E-state index contributed by atoms with van der Waals surface area (Å²) < 4.78 is 4.46. The van der Waals surface area contributed by atoms with Gasteiger partial charge >= 0.3 is 5.69 Å². The average molecular weight is 279 g/mol. The van der Waals surface area contributed by atoms with Crippen molar-refractivity contribution in [1.82, 2.24) is 18.7 Å². The molecule has 0 aliphatic heterocycles. The van der Waals surface area contributed by atoms with Gasteiger partial charge in [-0.2, -0.15) is 0 Å². The first kappa shape index (κ1) is 14.5. The van der Waals surface area contributed by atoms with Gasteiger partial charge in [-0.1, -0.05) is 13.3 Å². The van der Waals surface area contributed by atoms with Crippen molar-refractivity contribution in [3.63, 3.8) is 0 Å². The highest BCUT2D eigenvalue weighted by Gasteiger charge is 2.19. The van der Waals surface area contributed by atoms with Gasteiger partial charge in [0.15, 0.2) is 11.2 Å². The maximum Gasteiger partial charge on any atom is 0.333 e. The highest BCUT2D eigenvalue weighted by Crippen LogP contribution is 2.08.